The van der Waals surface area contributed by atoms with Crippen LogP contribution in [0.2, 0.25) is 5.02 Å². The van der Waals surface area contributed by atoms with Crippen LogP contribution in [-0.4, -0.2) is 57.9 Å². The summed E-state index contributed by atoms with van der Waals surface area (Å²) >= 11 is 7.16. The maximum absolute atomic E-state index is 13.7. The lowest BCUT2D eigenvalue weighted by Crippen LogP contribution is -2.51. The fourth-order valence-electron chi connectivity index (χ4n) is 4.29. The number of hydrogen-bond acceptors (Lipinski definition) is 7. The van der Waals surface area contributed by atoms with E-state index in [1.807, 2.05) is 12.2 Å². The average molecular weight is 529 g/mol. The molecule has 3 atom stereocenters. The van der Waals surface area contributed by atoms with Crippen molar-refractivity contribution in [2.24, 2.45) is 0 Å². The van der Waals surface area contributed by atoms with E-state index in [1.165, 1.54) is 0 Å². The summed E-state index contributed by atoms with van der Waals surface area (Å²) in [5.74, 6) is -0.944. The molecule has 11 heteroatoms. The summed E-state index contributed by atoms with van der Waals surface area (Å²) in [6.07, 6.45) is 8.98. The summed E-state index contributed by atoms with van der Waals surface area (Å²) in [6, 6.07) is 4.66. The van der Waals surface area contributed by atoms with Crippen LogP contribution in [0.15, 0.2) is 42.5 Å². The number of amides is 3. The number of anilines is 1. The minimum Gasteiger partial charge on any atom is -0.339 e. The summed E-state index contributed by atoms with van der Waals surface area (Å²) in [5.41, 5.74) is 2.28. The quantitative estimate of drug-likeness (QED) is 0.484. The number of rotatable bonds is 8. The first kappa shape index (κ1) is 26.0. The Labute approximate surface area is 219 Å². The largest absolute Gasteiger partial charge is 0.339 e. The number of likely N-dealkylation sites (tertiary alicyclic amines) is 1. The zero-order chi connectivity index (χ0) is 25.7. The maximum Gasteiger partial charge on any atom is 0.250 e. The van der Waals surface area contributed by atoms with Gasteiger partial charge in [0, 0.05) is 23.1 Å². The number of benzene rings is 1. The van der Waals surface area contributed by atoms with E-state index in [1.54, 1.807) is 43.1 Å². The van der Waals surface area contributed by atoms with E-state index in [4.69, 9.17) is 11.6 Å². The molecule has 2 heterocycles. The summed E-state index contributed by atoms with van der Waals surface area (Å²) in [5, 5.41) is 14.0. The molecule has 0 spiro atoms. The van der Waals surface area contributed by atoms with Gasteiger partial charge in [-0.15, -0.1) is 5.10 Å². The summed E-state index contributed by atoms with van der Waals surface area (Å²) in [6.45, 7) is 2.13. The van der Waals surface area contributed by atoms with Crippen LogP contribution in [-0.2, 0) is 14.4 Å². The van der Waals surface area contributed by atoms with E-state index in [0.717, 1.165) is 29.9 Å². The lowest BCUT2D eigenvalue weighted by Gasteiger charge is -2.29. The van der Waals surface area contributed by atoms with Crippen LogP contribution in [0.1, 0.15) is 49.9 Å². The van der Waals surface area contributed by atoms with Crippen molar-refractivity contribution >= 4 is 51.4 Å². The maximum atomic E-state index is 13.7. The molecule has 2 aliphatic rings. The van der Waals surface area contributed by atoms with Crippen LogP contribution >= 0.6 is 23.1 Å². The van der Waals surface area contributed by atoms with Crippen LogP contribution in [0, 0.1) is 0 Å². The number of nitrogens with one attached hydrogen (secondary N) is 3. The van der Waals surface area contributed by atoms with E-state index in [2.05, 4.69) is 31.6 Å². The van der Waals surface area contributed by atoms with Crippen molar-refractivity contribution in [2.75, 3.05) is 18.9 Å². The number of halogens is 1. The predicted octanol–water partition coefficient (Wildman–Crippen LogP) is 3.32. The van der Waals surface area contributed by atoms with Crippen molar-refractivity contribution in [1.82, 2.24) is 25.1 Å². The molecule has 0 radical (unpaired) electrons. The molecule has 0 saturated carbocycles. The van der Waals surface area contributed by atoms with Gasteiger partial charge in [0.05, 0.1) is 6.04 Å². The van der Waals surface area contributed by atoms with Crippen LogP contribution < -0.4 is 16.0 Å². The molecule has 0 unspecified atom stereocenters. The van der Waals surface area contributed by atoms with Gasteiger partial charge in [0.15, 0.2) is 0 Å². The highest BCUT2D eigenvalue weighted by atomic mass is 35.5. The van der Waals surface area contributed by atoms with Gasteiger partial charge in [-0.3, -0.25) is 14.4 Å². The topological polar surface area (TPSA) is 116 Å². The molecule has 190 valence electrons. The Morgan fingerprint density at radius 3 is 2.69 bits per heavy atom. The van der Waals surface area contributed by atoms with E-state index in [0.29, 0.717) is 40.7 Å². The van der Waals surface area contributed by atoms with Gasteiger partial charge in [-0.1, -0.05) is 46.4 Å². The predicted molar refractivity (Wildman–Crippen MR) is 140 cm³/mol. The molecule has 1 aromatic carbocycles. The monoisotopic (exact) mass is 528 g/mol. The Morgan fingerprint density at radius 2 is 2.00 bits per heavy atom. The highest BCUT2D eigenvalue weighted by Crippen LogP contribution is 2.31. The molecule has 1 aliphatic heterocycles. The second kappa shape index (κ2) is 11.8. The Kier molecular flexibility index (Phi) is 8.50. The van der Waals surface area contributed by atoms with Crippen LogP contribution in [0.5, 0.6) is 0 Å². The van der Waals surface area contributed by atoms with Gasteiger partial charge in [0.2, 0.25) is 17.7 Å². The summed E-state index contributed by atoms with van der Waals surface area (Å²) < 4.78 is 4.03. The molecular weight excluding hydrogens is 500 g/mol. The molecule has 0 bridgehead atoms. The van der Waals surface area contributed by atoms with Gasteiger partial charge in [-0.05, 0) is 62.9 Å². The number of nitrogens with zero attached hydrogens (tertiary/aromatic N) is 3. The molecule has 9 nitrogen and oxygen atoms in total. The van der Waals surface area contributed by atoms with Gasteiger partial charge in [-0.2, -0.15) is 0 Å². The van der Waals surface area contributed by atoms with E-state index >= 15 is 0 Å². The second-order valence-corrected chi connectivity index (χ2v) is 9.98. The van der Waals surface area contributed by atoms with Gasteiger partial charge in [0.1, 0.15) is 22.8 Å². The second-order valence-electron chi connectivity index (χ2n) is 8.79. The Bertz CT molecular complexity index is 1180. The molecule has 3 amide bonds. The standard InChI is InChI=1S/C25H29ClN6O3S/c1-15(27-2)22(33)28-21(17-10-12-18(26)13-11-17)25(35)32-14-6-9-19(32)23(34)29-24-20(30-31-36-24)16-7-4-3-5-8-16/h3-4,7,10-13,15,19,21,27H,5-6,8-9,14H2,1-2H3,(H,28,33)(H,29,34)/t15-,19-,21-/m0/s1. The molecule has 36 heavy (non-hydrogen) atoms. The third-order valence-electron chi connectivity index (χ3n) is 6.44. The number of carbonyl (C=O) groups excluding carboxylic acids is 3. The molecule has 1 fully saturated rings. The zero-order valence-corrected chi connectivity index (χ0v) is 21.7. The zero-order valence-electron chi connectivity index (χ0n) is 20.2. The van der Waals surface area contributed by atoms with Crippen molar-refractivity contribution in [3.8, 4) is 0 Å². The average Bonchev–Trinajstić information content (AvgIpc) is 3.57. The SMILES string of the molecule is CN[C@@H](C)C(=O)N[C@H](C(=O)N1CCC[C@H]1C(=O)Nc1snnc1C1=CC=CCC1)c1ccc(Cl)cc1. The summed E-state index contributed by atoms with van der Waals surface area (Å²) in [7, 11) is 1.67. The van der Waals surface area contributed by atoms with Crippen molar-refractivity contribution in [3.05, 3.63) is 58.8 Å². The number of carbonyl (C=O) groups is 3. The fourth-order valence-corrected chi connectivity index (χ4v) is 5.02. The Balaban J connectivity index is 1.54. The number of likely N-dealkylation sites (N-methyl/N-ethyl adjacent to an activating group) is 1. The van der Waals surface area contributed by atoms with Crippen LogP contribution in [0.4, 0.5) is 5.00 Å². The number of aromatic nitrogens is 2. The van der Waals surface area contributed by atoms with Crippen molar-refractivity contribution < 1.29 is 14.4 Å². The van der Waals surface area contributed by atoms with Gasteiger partial charge in [-0.25, -0.2) is 0 Å². The molecular formula is C25H29ClN6O3S. The Hall–Kier alpha value is -3.08. The summed E-state index contributed by atoms with van der Waals surface area (Å²) in [4.78, 5) is 41.3. The first-order chi connectivity index (χ1) is 17.4. The van der Waals surface area contributed by atoms with E-state index < -0.39 is 18.1 Å². The minimum atomic E-state index is -0.946. The Morgan fingerprint density at radius 1 is 1.22 bits per heavy atom. The first-order valence-electron chi connectivity index (χ1n) is 11.9. The molecule has 1 saturated heterocycles. The molecule has 4 rings (SSSR count). The van der Waals surface area contributed by atoms with E-state index in [-0.39, 0.29) is 17.7 Å². The lowest BCUT2D eigenvalue weighted by atomic mass is 10.0. The van der Waals surface area contributed by atoms with Crippen LogP contribution in [0.3, 0.4) is 0 Å². The number of hydrogen-bond donors (Lipinski definition) is 3. The minimum absolute atomic E-state index is 0.287. The van der Waals surface area contributed by atoms with Gasteiger partial charge < -0.3 is 20.9 Å². The third-order valence-corrected chi connectivity index (χ3v) is 7.34. The number of allylic oxidation sites excluding steroid dienone is 4. The first-order valence-corrected chi connectivity index (χ1v) is 13.1. The molecule has 1 aliphatic carbocycles. The third kappa shape index (κ3) is 5.83. The normalized spacial score (nSPS) is 18.9. The van der Waals surface area contributed by atoms with Gasteiger partial charge in [0.25, 0.3) is 0 Å². The van der Waals surface area contributed by atoms with E-state index in [9.17, 15) is 14.4 Å². The highest BCUT2D eigenvalue weighted by molar-refractivity contribution is 7.10. The van der Waals surface area contributed by atoms with Crippen molar-refractivity contribution in [1.29, 1.82) is 0 Å². The molecule has 3 N–H and O–H groups in total. The smallest absolute Gasteiger partial charge is 0.250 e. The molecule has 1 aromatic heterocycles. The van der Waals surface area contributed by atoms with Gasteiger partial charge >= 0.3 is 0 Å². The lowest BCUT2D eigenvalue weighted by molar-refractivity contribution is -0.140. The van der Waals surface area contributed by atoms with Crippen molar-refractivity contribution in [3.63, 3.8) is 0 Å². The fraction of sp³-hybridized carbons (Fsp3) is 0.400. The van der Waals surface area contributed by atoms with Crippen LogP contribution in [0.25, 0.3) is 5.57 Å². The van der Waals surface area contributed by atoms with Crippen molar-refractivity contribution in [2.45, 2.75) is 50.7 Å². The molecule has 2 aromatic rings. The highest BCUT2D eigenvalue weighted by Gasteiger charge is 2.39.